The molecule has 0 radical (unpaired) electrons. The van der Waals surface area contributed by atoms with Crippen LogP contribution in [0.5, 0.6) is 0 Å². The van der Waals surface area contributed by atoms with Crippen molar-refractivity contribution < 1.29 is 0 Å². The molecule has 0 saturated carbocycles. The van der Waals surface area contributed by atoms with E-state index in [1.165, 1.54) is 0 Å². The van der Waals surface area contributed by atoms with Gasteiger partial charge >= 0.3 is 0 Å². The number of nitrogens with one attached hydrogen (secondary N) is 3. The van der Waals surface area contributed by atoms with E-state index in [-0.39, 0.29) is 0 Å². The molecule has 3 aromatic rings. The zero-order valence-electron chi connectivity index (χ0n) is 16.3. The van der Waals surface area contributed by atoms with Gasteiger partial charge in [-0.1, -0.05) is 29.8 Å². The molecule has 2 aromatic heterocycles. The number of hydrogen-bond donors (Lipinski definition) is 3. The molecule has 0 amide bonds. The number of hydrogen-bond acceptors (Lipinski definition) is 6. The Kier molecular flexibility index (Phi) is 5.31. The van der Waals surface area contributed by atoms with E-state index in [9.17, 15) is 0 Å². The first-order valence-electron chi connectivity index (χ1n) is 9.52. The van der Waals surface area contributed by atoms with Crippen molar-refractivity contribution in [3.63, 3.8) is 0 Å². The molecule has 29 heavy (non-hydrogen) atoms. The number of rotatable bonds is 5. The van der Waals surface area contributed by atoms with Crippen LogP contribution in [0.3, 0.4) is 0 Å². The van der Waals surface area contributed by atoms with Gasteiger partial charge in [-0.15, -0.1) is 0 Å². The molecule has 8 heteroatoms. The van der Waals surface area contributed by atoms with Gasteiger partial charge in [-0.3, -0.25) is 4.68 Å². The summed E-state index contributed by atoms with van der Waals surface area (Å²) in [5, 5.41) is 20.1. The molecule has 0 fully saturated rings. The minimum Gasteiger partial charge on any atom is -0.387 e. The zero-order chi connectivity index (χ0) is 20.4. The summed E-state index contributed by atoms with van der Waals surface area (Å²) < 4.78 is 1.83. The smallest absolute Gasteiger partial charge is 0.228 e. The molecule has 0 atom stereocenters. The molecular weight excluding hydrogens is 386 g/mol. The van der Waals surface area contributed by atoms with Crippen LogP contribution in [0.1, 0.15) is 30.2 Å². The predicted octanol–water partition coefficient (Wildman–Crippen LogP) is 4.14. The molecule has 1 aliphatic carbocycles. The van der Waals surface area contributed by atoms with Gasteiger partial charge in [0.05, 0.1) is 11.4 Å². The van der Waals surface area contributed by atoms with Crippen molar-refractivity contribution >= 4 is 40.3 Å². The molecule has 148 valence electrons. The molecule has 0 aliphatic heterocycles. The summed E-state index contributed by atoms with van der Waals surface area (Å²) in [6, 6.07) is 9.50. The second-order valence-corrected chi connectivity index (χ2v) is 7.11. The van der Waals surface area contributed by atoms with Crippen LogP contribution in [0.2, 0.25) is 5.02 Å². The molecule has 3 N–H and O–H groups in total. The fraction of sp³-hybridized carbons (Fsp3) is 0.238. The van der Waals surface area contributed by atoms with Crippen molar-refractivity contribution in [2.45, 2.75) is 26.3 Å². The average Bonchev–Trinajstić information content (AvgIpc) is 3.19. The van der Waals surface area contributed by atoms with Crippen LogP contribution in [-0.2, 0) is 13.0 Å². The zero-order valence-corrected chi connectivity index (χ0v) is 17.1. The van der Waals surface area contributed by atoms with Gasteiger partial charge in [0.15, 0.2) is 5.82 Å². The first kappa shape index (κ1) is 19.1. The summed E-state index contributed by atoms with van der Waals surface area (Å²) >= 11 is 6.45. The Morgan fingerprint density at radius 3 is 2.79 bits per heavy atom. The number of anilines is 2. The van der Waals surface area contributed by atoms with E-state index in [2.05, 4.69) is 20.7 Å². The quantitative estimate of drug-likeness (QED) is 0.591. The number of halogens is 1. The highest BCUT2D eigenvalue weighted by molar-refractivity contribution is 6.35. The highest BCUT2D eigenvalue weighted by Gasteiger charge is 2.26. The molecule has 1 aromatic carbocycles. The standard InChI is InChI=1S/C21H22ClN7/c1-3-29-11-10-17(28-29)26-21-25-12-13-8-9-16(23)18(19(13)27-21)20(24-2)14-6-4-5-7-15(14)22/h4-7,10-12,23-24H,3,8-9H2,1-2H3,(H,25,26,27,28)/b20-18+,23-16?. The maximum atomic E-state index is 8.61. The minimum absolute atomic E-state index is 0.451. The molecule has 0 spiro atoms. The maximum Gasteiger partial charge on any atom is 0.228 e. The summed E-state index contributed by atoms with van der Waals surface area (Å²) in [5.41, 5.74) is 4.69. The first-order valence-corrected chi connectivity index (χ1v) is 9.90. The number of benzene rings is 1. The second kappa shape index (κ2) is 8.05. The lowest BCUT2D eigenvalue weighted by Gasteiger charge is -2.23. The second-order valence-electron chi connectivity index (χ2n) is 6.71. The Morgan fingerprint density at radius 2 is 2.07 bits per heavy atom. The van der Waals surface area contributed by atoms with Crippen LogP contribution < -0.4 is 10.6 Å². The molecular formula is C21H22ClN7. The van der Waals surface area contributed by atoms with Crippen LogP contribution in [0, 0.1) is 5.41 Å². The monoisotopic (exact) mass is 407 g/mol. The van der Waals surface area contributed by atoms with E-state index in [0.717, 1.165) is 41.1 Å². The lowest BCUT2D eigenvalue weighted by molar-refractivity contribution is 0.662. The number of nitrogens with zero attached hydrogens (tertiary/aromatic N) is 4. The van der Waals surface area contributed by atoms with Crippen molar-refractivity contribution in [3.8, 4) is 0 Å². The fourth-order valence-electron chi connectivity index (χ4n) is 3.44. The SMILES string of the molecule is CCn1ccc(Nc2ncc3c(n2)/C(=C(/NC)c2ccccc2Cl)C(=N)CC3)n1. The van der Waals surface area contributed by atoms with Crippen molar-refractivity contribution in [3.05, 3.63) is 64.6 Å². The van der Waals surface area contributed by atoms with Crippen molar-refractivity contribution in [1.29, 1.82) is 5.41 Å². The van der Waals surface area contributed by atoms with Gasteiger partial charge in [-0.25, -0.2) is 9.97 Å². The third kappa shape index (κ3) is 3.73. The highest BCUT2D eigenvalue weighted by Crippen LogP contribution is 2.34. The van der Waals surface area contributed by atoms with E-state index < -0.39 is 0 Å². The van der Waals surface area contributed by atoms with Crippen LogP contribution >= 0.6 is 11.6 Å². The Morgan fingerprint density at radius 1 is 1.24 bits per heavy atom. The van der Waals surface area contributed by atoms with Gasteiger partial charge in [0.25, 0.3) is 0 Å². The van der Waals surface area contributed by atoms with E-state index in [1.54, 1.807) is 0 Å². The Hall–Kier alpha value is -3.19. The molecule has 0 bridgehead atoms. The van der Waals surface area contributed by atoms with Crippen LogP contribution in [0.4, 0.5) is 11.8 Å². The van der Waals surface area contributed by atoms with E-state index in [4.69, 9.17) is 22.0 Å². The van der Waals surface area contributed by atoms with E-state index in [1.807, 2.05) is 61.4 Å². The average molecular weight is 408 g/mol. The van der Waals surface area contributed by atoms with E-state index >= 15 is 0 Å². The van der Waals surface area contributed by atoms with Gasteiger partial charge in [-0.2, -0.15) is 5.10 Å². The summed E-state index contributed by atoms with van der Waals surface area (Å²) in [4.78, 5) is 9.19. The normalized spacial score (nSPS) is 15.1. The first-order chi connectivity index (χ1) is 14.1. The summed E-state index contributed by atoms with van der Waals surface area (Å²) in [6.07, 6.45) is 5.10. The summed E-state index contributed by atoms with van der Waals surface area (Å²) in [6.45, 7) is 2.82. The topological polar surface area (TPSA) is 91.5 Å². The van der Waals surface area contributed by atoms with Gasteiger partial charge in [0, 0.05) is 53.9 Å². The van der Waals surface area contributed by atoms with Gasteiger partial charge in [-0.05, 0) is 31.4 Å². The highest BCUT2D eigenvalue weighted by atomic mass is 35.5. The van der Waals surface area contributed by atoms with Gasteiger partial charge in [0.1, 0.15) is 0 Å². The number of aromatic nitrogens is 4. The predicted molar refractivity (Wildman–Crippen MR) is 117 cm³/mol. The number of allylic oxidation sites excluding steroid dienone is 1. The summed E-state index contributed by atoms with van der Waals surface area (Å²) in [7, 11) is 1.84. The maximum absolute atomic E-state index is 8.61. The Bertz CT molecular complexity index is 1100. The Labute approximate surface area is 174 Å². The van der Waals surface area contributed by atoms with Gasteiger partial charge < -0.3 is 16.0 Å². The minimum atomic E-state index is 0.451. The van der Waals surface area contributed by atoms with Gasteiger partial charge in [0.2, 0.25) is 5.95 Å². The molecule has 2 heterocycles. The third-order valence-corrected chi connectivity index (χ3v) is 5.22. The molecule has 7 nitrogen and oxygen atoms in total. The van der Waals surface area contributed by atoms with Crippen LogP contribution in [0.25, 0.3) is 11.3 Å². The molecule has 0 unspecified atom stereocenters. The molecule has 1 aliphatic rings. The Balaban J connectivity index is 1.81. The van der Waals surface area contributed by atoms with Crippen LogP contribution in [0.15, 0.2) is 42.7 Å². The van der Waals surface area contributed by atoms with Crippen LogP contribution in [-0.4, -0.2) is 32.5 Å². The number of fused-ring (bicyclic) bond motifs is 1. The lowest BCUT2D eigenvalue weighted by Crippen LogP contribution is -2.20. The molecule has 0 saturated heterocycles. The van der Waals surface area contributed by atoms with Crippen molar-refractivity contribution in [2.24, 2.45) is 0 Å². The fourth-order valence-corrected chi connectivity index (χ4v) is 3.67. The lowest BCUT2D eigenvalue weighted by atomic mass is 9.87. The van der Waals surface area contributed by atoms with Crippen molar-refractivity contribution in [2.75, 3.05) is 12.4 Å². The summed E-state index contributed by atoms with van der Waals surface area (Å²) in [5.74, 6) is 1.13. The number of aryl methyl sites for hydroxylation is 2. The van der Waals surface area contributed by atoms with Crippen molar-refractivity contribution in [1.82, 2.24) is 25.1 Å². The third-order valence-electron chi connectivity index (χ3n) is 4.90. The molecule has 4 rings (SSSR count). The largest absolute Gasteiger partial charge is 0.387 e. The van der Waals surface area contributed by atoms with E-state index in [0.29, 0.717) is 28.9 Å².